The van der Waals surface area contributed by atoms with E-state index < -0.39 is 0 Å². The molecular weight excluding hydrogens is 212 g/mol. The average Bonchev–Trinajstić information content (AvgIpc) is 2.65. The number of anilines is 1. The fourth-order valence-electron chi connectivity index (χ4n) is 1.93. The van der Waals surface area contributed by atoms with E-state index >= 15 is 0 Å². The maximum absolute atomic E-state index is 5.86. The zero-order valence-corrected chi connectivity index (χ0v) is 10.6. The average molecular weight is 230 g/mol. The fraction of sp³-hybridized carbons (Fsp3) is 0.385. The van der Waals surface area contributed by atoms with Gasteiger partial charge in [-0.05, 0) is 37.5 Å². The van der Waals surface area contributed by atoms with Gasteiger partial charge in [-0.2, -0.15) is 0 Å². The first-order valence-corrected chi connectivity index (χ1v) is 5.91. The minimum Gasteiger partial charge on any atom is -0.381 e. The van der Waals surface area contributed by atoms with E-state index in [9.17, 15) is 0 Å². The molecule has 0 saturated carbocycles. The Bertz CT molecular complexity index is 528. The van der Waals surface area contributed by atoms with Crippen molar-refractivity contribution in [3.63, 3.8) is 0 Å². The van der Waals surface area contributed by atoms with Crippen LogP contribution < -0.4 is 5.73 Å². The van der Waals surface area contributed by atoms with Crippen LogP contribution in [-0.2, 0) is 6.42 Å². The van der Waals surface area contributed by atoms with Crippen molar-refractivity contribution in [2.24, 2.45) is 0 Å². The molecule has 4 nitrogen and oxygen atoms in total. The molecule has 0 fully saturated rings. The molecule has 0 amide bonds. The van der Waals surface area contributed by atoms with Crippen molar-refractivity contribution in [1.29, 1.82) is 0 Å². The smallest absolute Gasteiger partial charge is 0.169 e. The van der Waals surface area contributed by atoms with Gasteiger partial charge in [-0.25, -0.2) is 4.68 Å². The van der Waals surface area contributed by atoms with Crippen molar-refractivity contribution in [1.82, 2.24) is 15.0 Å². The van der Waals surface area contributed by atoms with E-state index in [4.69, 9.17) is 5.73 Å². The Morgan fingerprint density at radius 1 is 1.29 bits per heavy atom. The van der Waals surface area contributed by atoms with Gasteiger partial charge in [0.1, 0.15) is 0 Å². The molecular formula is C13H18N4. The first-order valence-electron chi connectivity index (χ1n) is 5.91. The Kier molecular flexibility index (Phi) is 3.13. The highest BCUT2D eigenvalue weighted by atomic mass is 15.4. The van der Waals surface area contributed by atoms with E-state index in [-0.39, 0.29) is 0 Å². The van der Waals surface area contributed by atoms with Crippen molar-refractivity contribution in [2.75, 3.05) is 5.73 Å². The SMILES string of the molecule is CCCc1c(N)nnn1-c1cc(C)ccc1C. The van der Waals surface area contributed by atoms with Gasteiger partial charge < -0.3 is 5.73 Å². The number of nitrogen functional groups attached to an aromatic ring is 1. The summed E-state index contributed by atoms with van der Waals surface area (Å²) >= 11 is 0. The summed E-state index contributed by atoms with van der Waals surface area (Å²) in [5.41, 5.74) is 10.3. The van der Waals surface area contributed by atoms with E-state index in [2.05, 4.69) is 49.3 Å². The Morgan fingerprint density at radius 2 is 2.06 bits per heavy atom. The van der Waals surface area contributed by atoms with E-state index in [0.717, 1.165) is 24.2 Å². The predicted molar refractivity (Wildman–Crippen MR) is 69.2 cm³/mol. The predicted octanol–water partition coefficient (Wildman–Crippen LogP) is 2.42. The summed E-state index contributed by atoms with van der Waals surface area (Å²) in [6.45, 7) is 6.27. The maximum atomic E-state index is 5.86. The van der Waals surface area contributed by atoms with Gasteiger partial charge in [0.05, 0.1) is 11.4 Å². The number of aromatic nitrogens is 3. The summed E-state index contributed by atoms with van der Waals surface area (Å²) in [6, 6.07) is 6.31. The van der Waals surface area contributed by atoms with E-state index in [1.54, 1.807) is 0 Å². The van der Waals surface area contributed by atoms with E-state index in [1.807, 2.05) is 4.68 Å². The first kappa shape index (κ1) is 11.6. The molecule has 0 bridgehead atoms. The molecule has 0 aliphatic carbocycles. The zero-order valence-electron chi connectivity index (χ0n) is 10.6. The summed E-state index contributed by atoms with van der Waals surface area (Å²) < 4.78 is 1.86. The number of hydrogen-bond acceptors (Lipinski definition) is 3. The highest BCUT2D eigenvalue weighted by molar-refractivity contribution is 5.46. The third kappa shape index (κ3) is 2.16. The van der Waals surface area contributed by atoms with Gasteiger partial charge >= 0.3 is 0 Å². The molecule has 2 N–H and O–H groups in total. The first-order chi connectivity index (χ1) is 8.13. The van der Waals surface area contributed by atoms with Gasteiger partial charge in [-0.3, -0.25) is 0 Å². The number of hydrogen-bond donors (Lipinski definition) is 1. The number of nitrogens with zero attached hydrogens (tertiary/aromatic N) is 3. The summed E-state index contributed by atoms with van der Waals surface area (Å²) in [7, 11) is 0. The van der Waals surface area contributed by atoms with E-state index in [1.165, 1.54) is 11.1 Å². The standard InChI is InChI=1S/C13H18N4/c1-4-5-11-13(14)15-16-17(11)12-8-9(2)6-7-10(12)3/h6-8H,4-5,14H2,1-3H3. The lowest BCUT2D eigenvalue weighted by Crippen LogP contribution is -2.05. The molecule has 0 atom stereocenters. The highest BCUT2D eigenvalue weighted by Crippen LogP contribution is 2.20. The molecule has 17 heavy (non-hydrogen) atoms. The number of benzene rings is 1. The monoisotopic (exact) mass is 230 g/mol. The lowest BCUT2D eigenvalue weighted by Gasteiger charge is -2.09. The second-order valence-corrected chi connectivity index (χ2v) is 4.37. The molecule has 1 aromatic carbocycles. The molecule has 4 heteroatoms. The molecule has 2 rings (SSSR count). The molecule has 0 radical (unpaired) electrons. The van der Waals surface area contributed by atoms with E-state index in [0.29, 0.717) is 5.82 Å². The maximum Gasteiger partial charge on any atom is 0.169 e. The lowest BCUT2D eigenvalue weighted by molar-refractivity contribution is 0.741. The molecule has 90 valence electrons. The van der Waals surface area contributed by atoms with Crippen LogP contribution in [0.3, 0.4) is 0 Å². The minimum atomic E-state index is 0.535. The van der Waals surface area contributed by atoms with Gasteiger partial charge in [0.2, 0.25) is 0 Å². The van der Waals surface area contributed by atoms with Gasteiger partial charge in [0, 0.05) is 0 Å². The molecule has 0 unspecified atom stereocenters. The summed E-state index contributed by atoms with van der Waals surface area (Å²) in [5.74, 6) is 0.535. The van der Waals surface area contributed by atoms with Crippen LogP contribution >= 0.6 is 0 Å². The third-order valence-electron chi connectivity index (χ3n) is 2.87. The van der Waals surface area contributed by atoms with Crippen LogP contribution in [0.1, 0.15) is 30.2 Å². The summed E-state index contributed by atoms with van der Waals surface area (Å²) in [6.07, 6.45) is 1.93. The van der Waals surface area contributed by atoms with Gasteiger partial charge in [-0.15, -0.1) is 5.10 Å². The van der Waals surface area contributed by atoms with Gasteiger partial charge in [0.25, 0.3) is 0 Å². The molecule has 0 aliphatic heterocycles. The fourth-order valence-corrected chi connectivity index (χ4v) is 1.93. The lowest BCUT2D eigenvalue weighted by atomic mass is 10.1. The number of aryl methyl sites for hydroxylation is 2. The Labute approximate surface area is 101 Å². The third-order valence-corrected chi connectivity index (χ3v) is 2.87. The van der Waals surface area contributed by atoms with Crippen LogP contribution in [0.25, 0.3) is 5.69 Å². The van der Waals surface area contributed by atoms with Crippen molar-refractivity contribution >= 4 is 5.82 Å². The van der Waals surface area contributed by atoms with Crippen LogP contribution in [0.2, 0.25) is 0 Å². The largest absolute Gasteiger partial charge is 0.381 e. The second kappa shape index (κ2) is 4.57. The van der Waals surface area contributed by atoms with Gasteiger partial charge in [-0.1, -0.05) is 30.7 Å². The molecule has 0 aliphatic rings. The van der Waals surface area contributed by atoms with Crippen LogP contribution in [-0.4, -0.2) is 15.0 Å². The van der Waals surface area contributed by atoms with Gasteiger partial charge in [0.15, 0.2) is 5.82 Å². The number of nitrogens with two attached hydrogens (primary N) is 1. The Morgan fingerprint density at radius 3 is 2.76 bits per heavy atom. The Hall–Kier alpha value is -1.84. The highest BCUT2D eigenvalue weighted by Gasteiger charge is 2.12. The normalized spacial score (nSPS) is 10.8. The second-order valence-electron chi connectivity index (χ2n) is 4.37. The van der Waals surface area contributed by atoms with Crippen molar-refractivity contribution in [2.45, 2.75) is 33.6 Å². The Balaban J connectivity index is 2.56. The summed E-state index contributed by atoms with van der Waals surface area (Å²) in [4.78, 5) is 0. The van der Waals surface area contributed by atoms with Crippen LogP contribution in [0.4, 0.5) is 5.82 Å². The molecule has 0 spiro atoms. The van der Waals surface area contributed by atoms with Crippen molar-refractivity contribution < 1.29 is 0 Å². The number of rotatable bonds is 3. The molecule has 2 aromatic rings. The molecule has 1 aromatic heterocycles. The van der Waals surface area contributed by atoms with Crippen molar-refractivity contribution in [3.8, 4) is 5.69 Å². The van der Waals surface area contributed by atoms with Crippen molar-refractivity contribution in [3.05, 3.63) is 35.0 Å². The molecule has 0 saturated heterocycles. The quantitative estimate of drug-likeness (QED) is 0.881. The van der Waals surface area contributed by atoms with Crippen LogP contribution in [0, 0.1) is 13.8 Å². The van der Waals surface area contributed by atoms with Crippen LogP contribution in [0.5, 0.6) is 0 Å². The molecule has 1 heterocycles. The zero-order chi connectivity index (χ0) is 12.4. The topological polar surface area (TPSA) is 56.7 Å². The summed E-state index contributed by atoms with van der Waals surface area (Å²) in [5, 5.41) is 8.12. The van der Waals surface area contributed by atoms with Crippen LogP contribution in [0.15, 0.2) is 18.2 Å². The minimum absolute atomic E-state index is 0.535.